The van der Waals surface area contributed by atoms with E-state index < -0.39 is 0 Å². The van der Waals surface area contributed by atoms with Gasteiger partial charge in [-0.2, -0.15) is 9.61 Å². The molecule has 2 heterocycles. The molecule has 5 nitrogen and oxygen atoms in total. The predicted octanol–water partition coefficient (Wildman–Crippen LogP) is 0.840. The maximum atomic E-state index is 6.07. The van der Waals surface area contributed by atoms with Gasteiger partial charge in [-0.05, 0) is 0 Å². The Morgan fingerprint density at radius 2 is 2.36 bits per heavy atom. The van der Waals surface area contributed by atoms with Crippen LogP contribution >= 0.6 is 11.6 Å². The summed E-state index contributed by atoms with van der Waals surface area (Å²) in [6.45, 7) is 2.47. The Labute approximate surface area is 85.9 Å². The summed E-state index contributed by atoms with van der Waals surface area (Å²) in [5.74, 6) is 0.624. The number of nitrogens with two attached hydrogens (primary N) is 1. The van der Waals surface area contributed by atoms with Gasteiger partial charge in [0.25, 0.3) is 5.78 Å². The molecule has 0 aromatic carbocycles. The van der Waals surface area contributed by atoms with Gasteiger partial charge in [0.05, 0.1) is 18.1 Å². The van der Waals surface area contributed by atoms with E-state index in [1.807, 2.05) is 6.92 Å². The van der Waals surface area contributed by atoms with Crippen molar-refractivity contribution < 1.29 is 0 Å². The van der Waals surface area contributed by atoms with Crippen LogP contribution in [0.5, 0.6) is 0 Å². The quantitative estimate of drug-likeness (QED) is 0.799. The van der Waals surface area contributed by atoms with Gasteiger partial charge < -0.3 is 5.73 Å². The fourth-order valence-electron chi connectivity index (χ4n) is 1.21. The first-order chi connectivity index (χ1) is 6.74. The second kappa shape index (κ2) is 3.51. The number of rotatable bonds is 2. The highest BCUT2D eigenvalue weighted by atomic mass is 35.5. The molecule has 0 bridgehead atoms. The molecular formula is C8H10ClN5. The van der Waals surface area contributed by atoms with Crippen LogP contribution in [0.1, 0.15) is 18.5 Å². The van der Waals surface area contributed by atoms with Crippen LogP contribution in [0.2, 0.25) is 5.15 Å². The molecule has 0 aliphatic carbocycles. The van der Waals surface area contributed by atoms with Crippen LogP contribution in [-0.4, -0.2) is 26.1 Å². The minimum absolute atomic E-state index is 0.117. The van der Waals surface area contributed by atoms with Crippen LogP contribution in [0, 0.1) is 0 Å². The highest BCUT2D eigenvalue weighted by Gasteiger charge is 2.16. The molecular weight excluding hydrogens is 202 g/mol. The number of aromatic nitrogens is 4. The van der Waals surface area contributed by atoms with Gasteiger partial charge in [-0.1, -0.05) is 18.5 Å². The molecule has 2 aromatic rings. The first kappa shape index (κ1) is 9.36. The van der Waals surface area contributed by atoms with Crippen molar-refractivity contribution in [3.63, 3.8) is 0 Å². The Bertz CT molecular complexity index is 452. The molecule has 1 unspecified atom stereocenters. The number of nitrogens with zero attached hydrogens (tertiary/aromatic N) is 4. The van der Waals surface area contributed by atoms with E-state index in [0.717, 1.165) is 5.69 Å². The van der Waals surface area contributed by atoms with Crippen molar-refractivity contribution in [1.82, 2.24) is 19.6 Å². The molecule has 1 atom stereocenters. The minimum atomic E-state index is 0.117. The van der Waals surface area contributed by atoms with Crippen molar-refractivity contribution in [2.45, 2.75) is 12.8 Å². The lowest BCUT2D eigenvalue weighted by molar-refractivity contribution is 0.751. The molecule has 14 heavy (non-hydrogen) atoms. The lowest BCUT2D eigenvalue weighted by Gasteiger charge is -2.03. The van der Waals surface area contributed by atoms with Crippen LogP contribution in [0.15, 0.2) is 12.4 Å². The number of hydrogen-bond donors (Lipinski definition) is 1. The molecule has 2 aromatic heterocycles. The molecule has 2 N–H and O–H groups in total. The number of halogens is 1. The lowest BCUT2D eigenvalue weighted by Crippen LogP contribution is -2.09. The molecule has 0 saturated heterocycles. The molecule has 0 spiro atoms. The number of hydrogen-bond acceptors (Lipinski definition) is 4. The van der Waals surface area contributed by atoms with Crippen molar-refractivity contribution in [1.29, 1.82) is 0 Å². The summed E-state index contributed by atoms with van der Waals surface area (Å²) in [6.07, 6.45) is 3.15. The molecule has 0 aliphatic rings. The Kier molecular flexibility index (Phi) is 2.35. The Morgan fingerprint density at radius 3 is 3.00 bits per heavy atom. The van der Waals surface area contributed by atoms with Gasteiger partial charge in [0.2, 0.25) is 0 Å². The topological polar surface area (TPSA) is 69.1 Å². The summed E-state index contributed by atoms with van der Waals surface area (Å²) in [4.78, 5) is 8.30. The van der Waals surface area contributed by atoms with Crippen molar-refractivity contribution in [3.8, 4) is 0 Å². The van der Waals surface area contributed by atoms with E-state index in [0.29, 0.717) is 17.5 Å². The SMILES string of the molecule is CC(CN)c1nc2nccnn2c1Cl. The Balaban J connectivity index is 2.62. The van der Waals surface area contributed by atoms with E-state index in [1.165, 1.54) is 4.52 Å². The van der Waals surface area contributed by atoms with E-state index in [9.17, 15) is 0 Å². The highest BCUT2D eigenvalue weighted by molar-refractivity contribution is 6.30. The zero-order chi connectivity index (χ0) is 10.1. The molecule has 0 amide bonds. The highest BCUT2D eigenvalue weighted by Crippen LogP contribution is 2.22. The smallest absolute Gasteiger partial charge is 0.252 e. The second-order valence-corrected chi connectivity index (χ2v) is 3.44. The summed E-state index contributed by atoms with van der Waals surface area (Å²) < 4.78 is 1.50. The summed E-state index contributed by atoms with van der Waals surface area (Å²) >= 11 is 6.07. The summed E-state index contributed by atoms with van der Waals surface area (Å²) in [5.41, 5.74) is 6.30. The van der Waals surface area contributed by atoms with Gasteiger partial charge in [0.15, 0.2) is 5.15 Å². The van der Waals surface area contributed by atoms with Crippen molar-refractivity contribution >= 4 is 17.4 Å². The zero-order valence-corrected chi connectivity index (χ0v) is 8.44. The van der Waals surface area contributed by atoms with Crippen molar-refractivity contribution in [2.24, 2.45) is 5.73 Å². The van der Waals surface area contributed by atoms with Crippen molar-refractivity contribution in [3.05, 3.63) is 23.2 Å². The summed E-state index contributed by atoms with van der Waals surface area (Å²) in [6, 6.07) is 0. The largest absolute Gasteiger partial charge is 0.330 e. The van der Waals surface area contributed by atoms with Crippen LogP contribution < -0.4 is 5.73 Å². The molecule has 2 rings (SSSR count). The third-order valence-corrected chi connectivity index (χ3v) is 2.42. The van der Waals surface area contributed by atoms with Crippen LogP contribution in [0.4, 0.5) is 0 Å². The second-order valence-electron chi connectivity index (χ2n) is 3.08. The monoisotopic (exact) mass is 211 g/mol. The number of fused-ring (bicyclic) bond motifs is 1. The van der Waals surface area contributed by atoms with Crippen molar-refractivity contribution in [2.75, 3.05) is 6.54 Å². The number of imidazole rings is 1. The van der Waals surface area contributed by atoms with Gasteiger partial charge >= 0.3 is 0 Å². The molecule has 6 heteroatoms. The lowest BCUT2D eigenvalue weighted by atomic mass is 10.1. The van der Waals surface area contributed by atoms with Crippen LogP contribution in [-0.2, 0) is 0 Å². The molecule has 0 radical (unpaired) electrons. The van der Waals surface area contributed by atoms with E-state index in [2.05, 4.69) is 15.1 Å². The summed E-state index contributed by atoms with van der Waals surface area (Å²) in [7, 11) is 0. The summed E-state index contributed by atoms with van der Waals surface area (Å²) in [5, 5.41) is 4.53. The normalized spacial score (nSPS) is 13.4. The van der Waals surface area contributed by atoms with Gasteiger partial charge in [0, 0.05) is 12.5 Å². The predicted molar refractivity (Wildman–Crippen MR) is 53.3 cm³/mol. The standard InChI is InChI=1S/C8H10ClN5/c1-5(4-10)6-7(9)14-8(13-6)11-2-3-12-14/h2-3,5H,4,10H2,1H3. The average molecular weight is 212 g/mol. The molecule has 0 fully saturated rings. The van der Waals surface area contributed by atoms with Gasteiger partial charge in [-0.15, -0.1) is 0 Å². The minimum Gasteiger partial charge on any atom is -0.330 e. The molecule has 74 valence electrons. The maximum Gasteiger partial charge on any atom is 0.252 e. The van der Waals surface area contributed by atoms with E-state index in [-0.39, 0.29) is 5.92 Å². The van der Waals surface area contributed by atoms with E-state index in [1.54, 1.807) is 12.4 Å². The van der Waals surface area contributed by atoms with Crippen LogP contribution in [0.3, 0.4) is 0 Å². The maximum absolute atomic E-state index is 6.07. The third kappa shape index (κ3) is 1.34. The average Bonchev–Trinajstić information content (AvgIpc) is 2.56. The first-order valence-corrected chi connectivity index (χ1v) is 4.67. The van der Waals surface area contributed by atoms with Crippen LogP contribution in [0.25, 0.3) is 5.78 Å². The Morgan fingerprint density at radius 1 is 1.57 bits per heavy atom. The Hall–Kier alpha value is -1.20. The third-order valence-electron chi connectivity index (χ3n) is 2.07. The zero-order valence-electron chi connectivity index (χ0n) is 7.68. The molecule has 0 saturated carbocycles. The van der Waals surface area contributed by atoms with Gasteiger partial charge in [0.1, 0.15) is 0 Å². The first-order valence-electron chi connectivity index (χ1n) is 4.29. The van der Waals surface area contributed by atoms with Gasteiger partial charge in [-0.3, -0.25) is 0 Å². The van der Waals surface area contributed by atoms with Gasteiger partial charge in [-0.25, -0.2) is 9.97 Å². The van der Waals surface area contributed by atoms with E-state index in [4.69, 9.17) is 17.3 Å². The molecule has 0 aliphatic heterocycles. The fourth-order valence-corrected chi connectivity index (χ4v) is 1.55. The fraction of sp³-hybridized carbons (Fsp3) is 0.375. The van der Waals surface area contributed by atoms with E-state index >= 15 is 0 Å².